The summed E-state index contributed by atoms with van der Waals surface area (Å²) in [5.74, 6) is -0.101. The van der Waals surface area contributed by atoms with Crippen molar-refractivity contribution in [2.45, 2.75) is 31.8 Å². The number of nitrogens with zero attached hydrogens (tertiary/aromatic N) is 1. The monoisotopic (exact) mass is 352 g/mol. The molecule has 1 spiro atoms. The topological polar surface area (TPSA) is 69.6 Å². The Morgan fingerprint density at radius 3 is 2.50 bits per heavy atom. The molecule has 2 aromatic rings. The minimum absolute atomic E-state index is 0.124. The van der Waals surface area contributed by atoms with Crippen molar-refractivity contribution in [2.24, 2.45) is 5.41 Å². The van der Waals surface area contributed by atoms with Crippen LogP contribution in [0.15, 0.2) is 42.5 Å². The fourth-order valence-electron chi connectivity index (χ4n) is 4.16. The van der Waals surface area contributed by atoms with Crippen LogP contribution in [-0.4, -0.2) is 41.5 Å². The van der Waals surface area contributed by atoms with Gasteiger partial charge in [0.1, 0.15) is 0 Å². The van der Waals surface area contributed by atoms with Gasteiger partial charge in [0.2, 0.25) is 5.91 Å². The highest BCUT2D eigenvalue weighted by atomic mass is 16.3. The zero-order valence-electron chi connectivity index (χ0n) is 14.8. The highest BCUT2D eigenvalue weighted by Crippen LogP contribution is 2.38. The van der Waals surface area contributed by atoms with E-state index >= 15 is 0 Å². The molecule has 2 aromatic carbocycles. The van der Waals surface area contributed by atoms with Crippen LogP contribution in [0.2, 0.25) is 0 Å². The van der Waals surface area contributed by atoms with Gasteiger partial charge < -0.3 is 15.3 Å². The molecule has 5 heteroatoms. The van der Waals surface area contributed by atoms with E-state index in [1.807, 2.05) is 42.5 Å². The fraction of sp³-hybridized carbons (Fsp3) is 0.429. The van der Waals surface area contributed by atoms with Gasteiger partial charge >= 0.3 is 0 Å². The molecule has 0 aromatic heterocycles. The van der Waals surface area contributed by atoms with Gasteiger partial charge in [-0.1, -0.05) is 36.4 Å². The predicted molar refractivity (Wildman–Crippen MR) is 99.4 cm³/mol. The summed E-state index contributed by atoms with van der Waals surface area (Å²) in [5.41, 5.74) is 0.761. The number of benzene rings is 2. The van der Waals surface area contributed by atoms with E-state index in [2.05, 4.69) is 5.32 Å². The minimum atomic E-state index is -1.13. The maximum atomic E-state index is 12.8. The molecule has 1 atom stereocenters. The second-order valence-electron chi connectivity index (χ2n) is 7.61. The minimum Gasteiger partial charge on any atom is -0.378 e. The molecule has 2 amide bonds. The smallest absolute Gasteiger partial charge is 0.256 e. The Bertz CT molecular complexity index is 828. The van der Waals surface area contributed by atoms with Crippen LogP contribution >= 0.6 is 0 Å². The Hall–Kier alpha value is -2.40. The van der Waals surface area contributed by atoms with Crippen molar-refractivity contribution in [1.29, 1.82) is 0 Å². The SMILES string of the molecule is O=C1CCC2(CCN(C(=O)[C@H](O)c3ccc4ccccc4c3)CC2)CN1. The van der Waals surface area contributed by atoms with Crippen LogP contribution in [0.3, 0.4) is 0 Å². The van der Waals surface area contributed by atoms with Crippen molar-refractivity contribution in [3.05, 3.63) is 48.0 Å². The van der Waals surface area contributed by atoms with E-state index in [4.69, 9.17) is 0 Å². The molecule has 5 nitrogen and oxygen atoms in total. The van der Waals surface area contributed by atoms with Gasteiger partial charge in [-0.3, -0.25) is 9.59 Å². The lowest BCUT2D eigenvalue weighted by molar-refractivity contribution is -0.144. The molecule has 4 rings (SSSR count). The number of carbonyl (C=O) groups is 2. The van der Waals surface area contributed by atoms with Crippen molar-refractivity contribution in [2.75, 3.05) is 19.6 Å². The summed E-state index contributed by atoms with van der Waals surface area (Å²) >= 11 is 0. The van der Waals surface area contributed by atoms with Crippen LogP contribution in [0.1, 0.15) is 37.4 Å². The number of hydrogen-bond acceptors (Lipinski definition) is 3. The number of carbonyl (C=O) groups excluding carboxylic acids is 2. The Balaban J connectivity index is 1.43. The number of fused-ring (bicyclic) bond motifs is 1. The van der Waals surface area contributed by atoms with E-state index < -0.39 is 6.10 Å². The molecule has 2 aliphatic heterocycles. The highest BCUT2D eigenvalue weighted by molar-refractivity contribution is 5.87. The molecule has 2 aliphatic rings. The van der Waals surface area contributed by atoms with Gasteiger partial charge in [0.15, 0.2) is 6.10 Å². The number of piperidine rings is 2. The van der Waals surface area contributed by atoms with Gasteiger partial charge in [-0.2, -0.15) is 0 Å². The molecule has 2 saturated heterocycles. The number of hydrogen-bond donors (Lipinski definition) is 2. The summed E-state index contributed by atoms with van der Waals surface area (Å²) in [5, 5.41) is 15.7. The van der Waals surface area contributed by atoms with E-state index in [1.54, 1.807) is 4.90 Å². The van der Waals surface area contributed by atoms with Crippen molar-refractivity contribution >= 4 is 22.6 Å². The van der Waals surface area contributed by atoms with Crippen LogP contribution in [0.4, 0.5) is 0 Å². The zero-order valence-corrected chi connectivity index (χ0v) is 14.8. The van der Waals surface area contributed by atoms with Crippen LogP contribution in [-0.2, 0) is 9.59 Å². The number of aliphatic hydroxyl groups is 1. The van der Waals surface area contributed by atoms with Gasteiger partial charge in [0, 0.05) is 26.1 Å². The number of likely N-dealkylation sites (tertiary alicyclic amines) is 1. The largest absolute Gasteiger partial charge is 0.378 e. The molecule has 2 N–H and O–H groups in total. The Morgan fingerprint density at radius 2 is 1.81 bits per heavy atom. The third-order valence-corrected chi connectivity index (χ3v) is 6.00. The Morgan fingerprint density at radius 1 is 1.08 bits per heavy atom. The summed E-state index contributed by atoms with van der Waals surface area (Å²) in [6.07, 6.45) is 2.11. The lowest BCUT2D eigenvalue weighted by Gasteiger charge is -2.44. The van der Waals surface area contributed by atoms with E-state index in [-0.39, 0.29) is 17.2 Å². The second-order valence-corrected chi connectivity index (χ2v) is 7.61. The molecule has 2 fully saturated rings. The normalized spacial score (nSPS) is 20.8. The van der Waals surface area contributed by atoms with Gasteiger partial charge in [0.25, 0.3) is 5.91 Å². The molecule has 0 bridgehead atoms. The van der Waals surface area contributed by atoms with Crippen LogP contribution in [0, 0.1) is 5.41 Å². The zero-order chi connectivity index (χ0) is 18.1. The van der Waals surface area contributed by atoms with E-state index in [9.17, 15) is 14.7 Å². The van der Waals surface area contributed by atoms with Gasteiger partial charge in [-0.15, -0.1) is 0 Å². The summed E-state index contributed by atoms with van der Waals surface area (Å²) in [6.45, 7) is 1.99. The number of aliphatic hydroxyl groups excluding tert-OH is 1. The predicted octanol–water partition coefficient (Wildman–Crippen LogP) is 2.39. The average molecular weight is 352 g/mol. The number of rotatable bonds is 2. The maximum absolute atomic E-state index is 12.8. The van der Waals surface area contributed by atoms with Crippen LogP contribution in [0.25, 0.3) is 10.8 Å². The third-order valence-electron chi connectivity index (χ3n) is 6.00. The fourth-order valence-corrected chi connectivity index (χ4v) is 4.16. The first-order valence-corrected chi connectivity index (χ1v) is 9.29. The molecule has 2 heterocycles. The molecule has 0 aliphatic carbocycles. The summed E-state index contributed by atoms with van der Waals surface area (Å²) < 4.78 is 0. The Labute approximate surface area is 153 Å². The standard InChI is InChI=1S/C21H24N2O3/c24-18-7-8-21(14-22-18)9-11-23(12-10-21)20(26)19(25)17-6-5-15-3-1-2-4-16(15)13-17/h1-6,13,19,25H,7-12,14H2,(H,22,24)/t19-/m1/s1. The molecule has 26 heavy (non-hydrogen) atoms. The first-order valence-electron chi connectivity index (χ1n) is 9.29. The summed E-state index contributed by atoms with van der Waals surface area (Å²) in [7, 11) is 0. The lowest BCUT2D eigenvalue weighted by atomic mass is 9.73. The molecule has 136 valence electrons. The van der Waals surface area contributed by atoms with Crippen LogP contribution in [0.5, 0.6) is 0 Å². The van der Waals surface area contributed by atoms with Crippen molar-refractivity contribution in [1.82, 2.24) is 10.2 Å². The maximum Gasteiger partial charge on any atom is 0.256 e. The Kier molecular flexibility index (Phi) is 4.41. The average Bonchev–Trinajstić information content (AvgIpc) is 2.69. The summed E-state index contributed by atoms with van der Waals surface area (Å²) in [6, 6.07) is 13.6. The number of nitrogens with one attached hydrogen (secondary N) is 1. The van der Waals surface area contributed by atoms with Gasteiger partial charge in [-0.25, -0.2) is 0 Å². The molecule has 0 saturated carbocycles. The molecular weight excluding hydrogens is 328 g/mol. The van der Waals surface area contributed by atoms with Crippen molar-refractivity contribution in [3.8, 4) is 0 Å². The third kappa shape index (κ3) is 3.19. The van der Waals surface area contributed by atoms with Crippen molar-refractivity contribution < 1.29 is 14.7 Å². The van der Waals surface area contributed by atoms with E-state index in [0.717, 1.165) is 30.0 Å². The first kappa shape index (κ1) is 17.0. The van der Waals surface area contributed by atoms with Gasteiger partial charge in [0.05, 0.1) is 0 Å². The molecular formula is C21H24N2O3. The first-order chi connectivity index (χ1) is 12.6. The van der Waals surface area contributed by atoms with E-state index in [0.29, 0.717) is 31.6 Å². The van der Waals surface area contributed by atoms with Crippen molar-refractivity contribution in [3.63, 3.8) is 0 Å². The van der Waals surface area contributed by atoms with Crippen LogP contribution < -0.4 is 5.32 Å². The lowest BCUT2D eigenvalue weighted by Crippen LogP contribution is -2.51. The molecule has 0 radical (unpaired) electrons. The highest BCUT2D eigenvalue weighted by Gasteiger charge is 2.39. The summed E-state index contributed by atoms with van der Waals surface area (Å²) in [4.78, 5) is 25.9. The number of amides is 2. The quantitative estimate of drug-likeness (QED) is 0.872. The molecule has 0 unspecified atom stereocenters. The van der Waals surface area contributed by atoms with Gasteiger partial charge in [-0.05, 0) is 47.1 Å². The van der Waals surface area contributed by atoms with E-state index in [1.165, 1.54) is 0 Å². The second kappa shape index (κ2) is 6.72.